The molecule has 0 saturated carbocycles. The minimum atomic E-state index is -0.664. The first kappa shape index (κ1) is 19.9. The van der Waals surface area contributed by atoms with E-state index in [9.17, 15) is 14.4 Å². The van der Waals surface area contributed by atoms with Crippen molar-refractivity contribution in [2.75, 3.05) is 11.9 Å². The van der Waals surface area contributed by atoms with Crippen LogP contribution in [0.2, 0.25) is 5.02 Å². The van der Waals surface area contributed by atoms with Crippen LogP contribution in [0.4, 0.5) is 5.69 Å². The molecule has 0 fully saturated rings. The summed E-state index contributed by atoms with van der Waals surface area (Å²) in [6.07, 6.45) is -0.256. The molecule has 8 heteroatoms. The summed E-state index contributed by atoms with van der Waals surface area (Å²) in [5.74, 6) is -1.55. The van der Waals surface area contributed by atoms with Crippen molar-refractivity contribution in [3.63, 3.8) is 0 Å². The number of hydrogen-bond acceptors (Lipinski definition) is 5. The van der Waals surface area contributed by atoms with Crippen LogP contribution in [-0.4, -0.2) is 24.4 Å². The number of hydrogen-bond donors (Lipinski definition) is 2. The molecule has 27 heavy (non-hydrogen) atoms. The van der Waals surface area contributed by atoms with Crippen LogP contribution < -0.4 is 10.6 Å². The lowest BCUT2D eigenvalue weighted by molar-refractivity contribution is -0.124. The monoisotopic (exact) mass is 385 g/mol. The second-order valence-electron chi connectivity index (χ2n) is 5.44. The fraction of sp³-hybridized carbons (Fsp3) is 0.158. The van der Waals surface area contributed by atoms with Crippen molar-refractivity contribution in [2.45, 2.75) is 13.0 Å². The van der Waals surface area contributed by atoms with E-state index in [-0.39, 0.29) is 18.5 Å². The molecule has 0 aliphatic heterocycles. The van der Waals surface area contributed by atoms with E-state index in [0.29, 0.717) is 10.7 Å². The van der Waals surface area contributed by atoms with Crippen molar-refractivity contribution in [3.05, 3.63) is 64.7 Å². The maximum atomic E-state index is 12.0. The summed E-state index contributed by atoms with van der Waals surface area (Å²) in [6.45, 7) is -0.145. The third-order valence-corrected chi connectivity index (χ3v) is 3.59. The third-order valence-electron chi connectivity index (χ3n) is 3.36. The molecule has 0 radical (unpaired) electrons. The largest absolute Gasteiger partial charge is 0.452 e. The highest BCUT2D eigenvalue weighted by atomic mass is 35.5. The van der Waals surface area contributed by atoms with Crippen LogP contribution in [0.15, 0.2) is 48.5 Å². The molecule has 0 unspecified atom stereocenters. The van der Waals surface area contributed by atoms with Crippen LogP contribution in [0.1, 0.15) is 22.3 Å². The average molecular weight is 386 g/mol. The van der Waals surface area contributed by atoms with E-state index in [1.165, 1.54) is 24.3 Å². The van der Waals surface area contributed by atoms with Gasteiger partial charge in [0.2, 0.25) is 5.91 Å². The van der Waals surface area contributed by atoms with Crippen molar-refractivity contribution in [1.82, 2.24) is 5.32 Å². The molecule has 2 aromatic rings. The second kappa shape index (κ2) is 9.94. The summed E-state index contributed by atoms with van der Waals surface area (Å²) in [6, 6.07) is 14.7. The van der Waals surface area contributed by atoms with Gasteiger partial charge in [0.05, 0.1) is 11.6 Å². The predicted octanol–water partition coefficient (Wildman–Crippen LogP) is 2.67. The molecule has 138 valence electrons. The van der Waals surface area contributed by atoms with E-state index in [4.69, 9.17) is 21.6 Å². The predicted molar refractivity (Wildman–Crippen MR) is 98.9 cm³/mol. The molecule has 2 aromatic carbocycles. The van der Waals surface area contributed by atoms with Gasteiger partial charge in [-0.15, -0.1) is 0 Å². The molecular formula is C19H16ClN3O4. The van der Waals surface area contributed by atoms with Gasteiger partial charge in [0, 0.05) is 17.3 Å². The Labute approximate surface area is 160 Å². The normalized spacial score (nSPS) is 9.78. The summed E-state index contributed by atoms with van der Waals surface area (Å²) in [7, 11) is 0. The molecule has 0 bridgehead atoms. The number of nitrogens with one attached hydrogen (secondary N) is 2. The summed E-state index contributed by atoms with van der Waals surface area (Å²) in [4.78, 5) is 35.0. The SMILES string of the molecule is N#CCC(=O)Nc1ccc(C(=O)OCC(=O)NCc2cccc(Cl)c2)cc1. The molecular weight excluding hydrogens is 370 g/mol. The molecule has 0 spiro atoms. The Kier molecular flexibility index (Phi) is 7.35. The zero-order valence-corrected chi connectivity index (χ0v) is 15.0. The van der Waals surface area contributed by atoms with Crippen LogP contribution in [0.25, 0.3) is 0 Å². The van der Waals surface area contributed by atoms with Crippen molar-refractivity contribution in [1.29, 1.82) is 5.26 Å². The van der Waals surface area contributed by atoms with Crippen LogP contribution in [0.5, 0.6) is 0 Å². The highest BCUT2D eigenvalue weighted by Gasteiger charge is 2.11. The van der Waals surface area contributed by atoms with Gasteiger partial charge in [-0.3, -0.25) is 9.59 Å². The summed E-state index contributed by atoms with van der Waals surface area (Å²) < 4.78 is 4.95. The van der Waals surface area contributed by atoms with Crippen LogP contribution in [0, 0.1) is 11.3 Å². The van der Waals surface area contributed by atoms with Gasteiger partial charge in [0.15, 0.2) is 6.61 Å². The van der Waals surface area contributed by atoms with Gasteiger partial charge < -0.3 is 15.4 Å². The quantitative estimate of drug-likeness (QED) is 0.712. The molecule has 0 aliphatic rings. The van der Waals surface area contributed by atoms with Gasteiger partial charge in [-0.25, -0.2) is 4.79 Å². The zero-order chi connectivity index (χ0) is 19.6. The van der Waals surface area contributed by atoms with Gasteiger partial charge >= 0.3 is 5.97 Å². The minimum Gasteiger partial charge on any atom is -0.452 e. The van der Waals surface area contributed by atoms with Crippen LogP contribution in [-0.2, 0) is 20.9 Å². The van der Waals surface area contributed by atoms with E-state index >= 15 is 0 Å². The number of anilines is 1. The number of ether oxygens (including phenoxy) is 1. The first-order chi connectivity index (χ1) is 13.0. The molecule has 2 rings (SSSR count). The molecule has 0 aromatic heterocycles. The Morgan fingerprint density at radius 1 is 1.07 bits per heavy atom. The van der Waals surface area contributed by atoms with Gasteiger partial charge in [-0.05, 0) is 42.0 Å². The fourth-order valence-electron chi connectivity index (χ4n) is 2.08. The number of benzene rings is 2. The number of amides is 2. The van der Waals surface area contributed by atoms with Crippen LogP contribution >= 0.6 is 11.6 Å². The first-order valence-corrected chi connectivity index (χ1v) is 8.31. The Bertz CT molecular complexity index is 875. The van der Waals surface area contributed by atoms with Gasteiger partial charge in [-0.1, -0.05) is 23.7 Å². The fourth-order valence-corrected chi connectivity index (χ4v) is 2.29. The first-order valence-electron chi connectivity index (χ1n) is 7.93. The van der Waals surface area contributed by atoms with Crippen molar-refractivity contribution < 1.29 is 19.1 Å². The number of nitriles is 1. The Morgan fingerprint density at radius 2 is 1.81 bits per heavy atom. The Morgan fingerprint density at radius 3 is 2.48 bits per heavy atom. The van der Waals surface area contributed by atoms with E-state index in [0.717, 1.165) is 5.56 Å². The second-order valence-corrected chi connectivity index (χ2v) is 5.88. The number of nitrogens with zero attached hydrogens (tertiary/aromatic N) is 1. The summed E-state index contributed by atoms with van der Waals surface area (Å²) in [5, 5.41) is 14.1. The van der Waals surface area contributed by atoms with E-state index in [1.807, 2.05) is 6.07 Å². The average Bonchev–Trinajstić information content (AvgIpc) is 2.65. The lowest BCUT2D eigenvalue weighted by Crippen LogP contribution is -2.28. The van der Waals surface area contributed by atoms with Gasteiger partial charge in [-0.2, -0.15) is 5.26 Å². The molecule has 0 saturated heterocycles. The number of rotatable bonds is 7. The zero-order valence-electron chi connectivity index (χ0n) is 14.2. The summed E-state index contributed by atoms with van der Waals surface area (Å²) >= 11 is 5.87. The van der Waals surface area contributed by atoms with Crippen molar-refractivity contribution in [3.8, 4) is 6.07 Å². The van der Waals surface area contributed by atoms with Gasteiger partial charge in [0.25, 0.3) is 5.91 Å². The number of carbonyl (C=O) groups is 3. The lowest BCUT2D eigenvalue weighted by Gasteiger charge is -2.08. The maximum absolute atomic E-state index is 12.0. The highest BCUT2D eigenvalue weighted by Crippen LogP contribution is 2.11. The molecule has 0 heterocycles. The molecule has 2 N–H and O–H groups in total. The number of halogens is 1. The smallest absolute Gasteiger partial charge is 0.338 e. The van der Waals surface area contributed by atoms with Crippen molar-refractivity contribution in [2.24, 2.45) is 0 Å². The van der Waals surface area contributed by atoms with Gasteiger partial charge in [0.1, 0.15) is 6.42 Å². The number of esters is 1. The van der Waals surface area contributed by atoms with E-state index < -0.39 is 24.4 Å². The lowest BCUT2D eigenvalue weighted by atomic mass is 10.2. The maximum Gasteiger partial charge on any atom is 0.338 e. The summed E-state index contributed by atoms with van der Waals surface area (Å²) in [5.41, 5.74) is 1.51. The highest BCUT2D eigenvalue weighted by molar-refractivity contribution is 6.30. The topological polar surface area (TPSA) is 108 Å². The number of carbonyl (C=O) groups excluding carboxylic acids is 3. The molecule has 2 amide bonds. The standard InChI is InChI=1S/C19H16ClN3O4/c20-15-3-1-2-13(10-15)11-22-18(25)12-27-19(26)14-4-6-16(7-5-14)23-17(24)8-9-21/h1-7,10H,8,11-12H2,(H,22,25)(H,23,24). The molecule has 0 aliphatic carbocycles. The molecule has 7 nitrogen and oxygen atoms in total. The van der Waals surface area contributed by atoms with E-state index in [2.05, 4.69) is 10.6 Å². The Balaban J connectivity index is 1.78. The Hall–Kier alpha value is -3.37. The van der Waals surface area contributed by atoms with Crippen molar-refractivity contribution >= 4 is 35.1 Å². The molecule has 0 atom stereocenters. The third kappa shape index (κ3) is 6.80. The van der Waals surface area contributed by atoms with Crippen LogP contribution in [0.3, 0.4) is 0 Å². The minimum absolute atomic E-state index is 0.232. The van der Waals surface area contributed by atoms with E-state index in [1.54, 1.807) is 24.3 Å².